The molecule has 5 aliphatic carbocycles. The van der Waals surface area contributed by atoms with Crippen molar-refractivity contribution in [2.24, 2.45) is 0 Å². The summed E-state index contributed by atoms with van der Waals surface area (Å²) in [5.41, 5.74) is 26.8. The summed E-state index contributed by atoms with van der Waals surface area (Å²) < 4.78 is 10.6. The summed E-state index contributed by atoms with van der Waals surface area (Å²) in [4.78, 5) is 66.3. The van der Waals surface area contributed by atoms with E-state index in [4.69, 9.17) is 9.47 Å². The third kappa shape index (κ3) is 17.0. The zero-order valence-corrected chi connectivity index (χ0v) is 68.1. The van der Waals surface area contributed by atoms with E-state index in [2.05, 4.69) is 171 Å². The molecule has 0 amide bonds. The van der Waals surface area contributed by atoms with Crippen molar-refractivity contribution in [3.63, 3.8) is 0 Å². The van der Waals surface area contributed by atoms with Gasteiger partial charge in [0, 0.05) is 100 Å². The number of nitrogens with zero attached hydrogens (tertiary/aromatic N) is 2. The molecular weight excluding hydrogens is 1430 g/mol. The van der Waals surface area contributed by atoms with Gasteiger partial charge in [0.25, 0.3) is 0 Å². The molecule has 13 aromatic carbocycles. The molecule has 0 atom stereocenters. The average Bonchev–Trinajstić information content (AvgIpc) is 1.48. The second-order valence-electron chi connectivity index (χ2n) is 32.4. The molecule has 7 aliphatic rings. The number of methoxy groups -OCH3 is 1. The Morgan fingerprint density at radius 1 is 0.319 bits per heavy atom. The molecule has 2 fully saturated rings. The first kappa shape index (κ1) is 78.2. The van der Waals surface area contributed by atoms with Crippen molar-refractivity contribution in [2.45, 2.75) is 157 Å². The molecule has 0 bridgehead atoms. The molecule has 12 nitrogen and oxygen atoms in total. The molecule has 0 radical (unpaired) electrons. The van der Waals surface area contributed by atoms with Gasteiger partial charge in [-0.1, -0.05) is 109 Å². The molecule has 116 heavy (non-hydrogen) atoms. The van der Waals surface area contributed by atoms with Crippen LogP contribution in [0, 0.1) is 0 Å². The van der Waals surface area contributed by atoms with E-state index in [1.165, 1.54) is 121 Å². The molecule has 13 aromatic rings. The molecule has 20 rings (SSSR count). The number of carbonyl (C=O) groups is 5. The van der Waals surface area contributed by atoms with E-state index >= 15 is 0 Å². The van der Waals surface area contributed by atoms with Gasteiger partial charge in [0.1, 0.15) is 5.75 Å². The molecular formula is C104H105N5O7. The summed E-state index contributed by atoms with van der Waals surface area (Å²) in [6.45, 7) is 15.0. The van der Waals surface area contributed by atoms with Crippen molar-refractivity contribution < 1.29 is 33.4 Å². The van der Waals surface area contributed by atoms with E-state index in [1.54, 1.807) is 41.7 Å². The molecule has 2 heterocycles. The van der Waals surface area contributed by atoms with E-state index in [-0.39, 0.29) is 28.9 Å². The minimum Gasteiger partial charge on any atom is -0.497 e. The van der Waals surface area contributed by atoms with Gasteiger partial charge in [-0.3, -0.25) is 24.0 Å². The Morgan fingerprint density at radius 2 is 0.638 bits per heavy atom. The molecule has 3 N–H and O–H groups in total. The monoisotopic (exact) mass is 1540 g/mol. The van der Waals surface area contributed by atoms with Crippen molar-refractivity contribution >= 4 is 123 Å². The number of carbonyl (C=O) groups excluding carboxylic acids is 5. The van der Waals surface area contributed by atoms with Gasteiger partial charge in [0.15, 0.2) is 28.9 Å². The van der Waals surface area contributed by atoms with Gasteiger partial charge in [-0.05, 0) is 362 Å². The van der Waals surface area contributed by atoms with E-state index in [9.17, 15) is 24.0 Å². The number of piperidine rings is 1. The standard InChI is InChI=1S/C22H21NO2.C22H21NO.C21H19NO.C20H23NO.C19H21NO2/c1-14(24)22-20-5-3-4-15(20)12-16-6-7-18(13-21(16)22)23-17-8-10-19(25-2)11-9-17;1-15(24)22-20-9-5-8-17(20)12-18-10-11-19(13-21(18)22)23-14-16-6-3-2-4-7-16;1-14(23)21-19-9-5-6-15(19)12-16-10-11-18(13-20(16)21)22-17-7-3-2-4-8-17;1-14(22)20-18-7-5-6-15(18)12-16-8-9-17(13-19(16)20)21-10-3-2-4-11-21;1-13(21)19-17-4-2-3-14(17)11-15-5-6-16(12-18(15)19)20-7-9-22-10-8-20/h6-13,23H,3-5H2,1-2H3;2-4,6-7,10-13,23H,5,8-9,14H2,1H3;2-4,7-8,10-13,22H,5-6,9H2,1H3;8-9,12-13H,2-7,10-11H2,1H3;5-6,11-12H,2-4,7-10H2,1H3. The van der Waals surface area contributed by atoms with Gasteiger partial charge in [-0.2, -0.15) is 0 Å². The average molecular weight is 1540 g/mol. The Bertz CT molecular complexity index is 5810. The van der Waals surface area contributed by atoms with Gasteiger partial charge in [-0.25, -0.2) is 0 Å². The fourth-order valence-corrected chi connectivity index (χ4v) is 19.3. The normalized spacial score (nSPS) is 14.8. The molecule has 2 saturated heterocycles. The van der Waals surface area contributed by atoms with Crippen LogP contribution in [0.1, 0.15) is 199 Å². The lowest BCUT2D eigenvalue weighted by atomic mass is 9.93. The Hall–Kier alpha value is -11.7. The molecule has 588 valence electrons. The summed E-state index contributed by atoms with van der Waals surface area (Å²) in [6.07, 6.45) is 20.4. The Kier molecular flexibility index (Phi) is 23.7. The van der Waals surface area contributed by atoms with Crippen molar-refractivity contribution in [1.29, 1.82) is 0 Å². The van der Waals surface area contributed by atoms with Crippen LogP contribution in [0.3, 0.4) is 0 Å². The number of anilines is 7. The van der Waals surface area contributed by atoms with Gasteiger partial charge >= 0.3 is 0 Å². The molecule has 0 saturated carbocycles. The van der Waals surface area contributed by atoms with Crippen LogP contribution in [0.2, 0.25) is 0 Å². The SMILES string of the molecule is CC(=O)c1c2c(cc3ccc(N4CCCCC4)cc13)CCC2.CC(=O)c1c2c(cc3ccc(N4CCOCC4)cc13)CCC2.CC(=O)c1c2c(cc3ccc(NCc4ccccc4)cc13)CCC2.CC(=O)c1c2c(cc3ccc(Nc4ccccc4)cc13)CCC2.COc1ccc(Nc2ccc3cc4c(c(C(C)=O)c3c2)CCC4)cc1. The first-order valence-corrected chi connectivity index (χ1v) is 42.1. The smallest absolute Gasteiger partial charge is 0.160 e. The van der Waals surface area contributed by atoms with Gasteiger partial charge in [-0.15, -0.1) is 0 Å². The van der Waals surface area contributed by atoms with Gasteiger partial charge in [0.2, 0.25) is 0 Å². The number of hydrogen-bond acceptors (Lipinski definition) is 12. The highest BCUT2D eigenvalue weighted by atomic mass is 16.5. The highest BCUT2D eigenvalue weighted by Crippen LogP contribution is 2.41. The highest BCUT2D eigenvalue weighted by Gasteiger charge is 2.27. The molecule has 0 unspecified atom stereocenters. The zero-order chi connectivity index (χ0) is 79.9. The maximum atomic E-state index is 12.3. The summed E-state index contributed by atoms with van der Waals surface area (Å²) in [5, 5.41) is 21.7. The van der Waals surface area contributed by atoms with E-state index in [0.717, 1.165) is 229 Å². The van der Waals surface area contributed by atoms with Crippen molar-refractivity contribution in [3.05, 3.63) is 295 Å². The molecule has 12 heteroatoms. The number of ketones is 5. The summed E-state index contributed by atoms with van der Waals surface area (Å²) >= 11 is 0. The number of ether oxygens (including phenoxy) is 2. The molecule has 2 aliphatic heterocycles. The largest absolute Gasteiger partial charge is 0.497 e. The van der Waals surface area contributed by atoms with Crippen LogP contribution in [0.4, 0.5) is 39.8 Å². The lowest BCUT2D eigenvalue weighted by Crippen LogP contribution is -2.36. The van der Waals surface area contributed by atoms with E-state index in [0.29, 0.717) is 0 Å². The van der Waals surface area contributed by atoms with Crippen LogP contribution >= 0.6 is 0 Å². The number of morpholine rings is 1. The van der Waals surface area contributed by atoms with Crippen molar-refractivity contribution in [1.82, 2.24) is 0 Å². The second-order valence-corrected chi connectivity index (χ2v) is 32.4. The number of Topliss-reactive ketones (excluding diaryl/α,β-unsaturated/α-hetero) is 5. The van der Waals surface area contributed by atoms with E-state index in [1.807, 2.05) is 60.7 Å². The second kappa shape index (κ2) is 35.2. The summed E-state index contributed by atoms with van der Waals surface area (Å²) in [6, 6.07) is 71.9. The van der Waals surface area contributed by atoms with Crippen LogP contribution in [-0.2, 0) is 75.5 Å². The Morgan fingerprint density at radius 3 is 1.01 bits per heavy atom. The van der Waals surface area contributed by atoms with Crippen LogP contribution in [0.5, 0.6) is 5.75 Å². The van der Waals surface area contributed by atoms with Crippen molar-refractivity contribution in [2.75, 3.05) is 72.3 Å². The van der Waals surface area contributed by atoms with Gasteiger partial charge < -0.3 is 35.2 Å². The lowest BCUT2D eigenvalue weighted by molar-refractivity contribution is 0.101. The zero-order valence-electron chi connectivity index (χ0n) is 68.1. The van der Waals surface area contributed by atoms with Crippen LogP contribution in [0.15, 0.2) is 206 Å². The molecule has 0 aromatic heterocycles. The first-order chi connectivity index (χ1) is 56.6. The fraction of sp³-hybridized carbons (Fsp3) is 0.298. The number of hydrogen-bond donors (Lipinski definition) is 3. The lowest BCUT2D eigenvalue weighted by Gasteiger charge is -2.29. The maximum Gasteiger partial charge on any atom is 0.160 e. The summed E-state index contributed by atoms with van der Waals surface area (Å²) in [7, 11) is 1.66. The molecule has 0 spiro atoms. The topological polar surface area (TPSA) is 146 Å². The predicted octanol–water partition coefficient (Wildman–Crippen LogP) is 23.6. The minimum absolute atomic E-state index is 0.158. The number of para-hydroxylation sites is 1. The Labute approximate surface area is 682 Å². The summed E-state index contributed by atoms with van der Waals surface area (Å²) in [5.74, 6) is 1.76. The predicted molar refractivity (Wildman–Crippen MR) is 479 cm³/mol. The maximum absolute atomic E-state index is 12.3. The van der Waals surface area contributed by atoms with Crippen molar-refractivity contribution in [3.8, 4) is 5.75 Å². The first-order valence-electron chi connectivity index (χ1n) is 42.1. The number of fused-ring (bicyclic) bond motifs is 10. The van der Waals surface area contributed by atoms with Crippen LogP contribution in [-0.4, -0.2) is 75.4 Å². The Balaban J connectivity index is 0.000000109. The number of nitrogens with one attached hydrogen (secondary N) is 3. The third-order valence-electron chi connectivity index (χ3n) is 24.7. The van der Waals surface area contributed by atoms with Gasteiger partial charge in [0.05, 0.1) is 20.3 Å². The quantitative estimate of drug-likeness (QED) is 0.0840. The van der Waals surface area contributed by atoms with Crippen LogP contribution < -0.4 is 30.5 Å². The fourth-order valence-electron chi connectivity index (χ4n) is 19.3. The number of rotatable bonds is 15. The number of aryl methyl sites for hydroxylation is 5. The minimum atomic E-state index is 0.158. The third-order valence-corrected chi connectivity index (χ3v) is 24.7. The number of benzene rings is 13. The highest BCUT2D eigenvalue weighted by molar-refractivity contribution is 6.14. The van der Waals surface area contributed by atoms with Crippen LogP contribution in [0.25, 0.3) is 53.9 Å². The van der Waals surface area contributed by atoms with E-state index < -0.39 is 0 Å².